The molecule has 0 saturated heterocycles. The first-order chi connectivity index (χ1) is 13.1. The molecular weight excluding hydrogens is 338 g/mol. The fourth-order valence-corrected chi connectivity index (χ4v) is 3.18. The first-order valence-corrected chi connectivity index (χ1v) is 9.02. The van der Waals surface area contributed by atoms with Gasteiger partial charge in [0.15, 0.2) is 0 Å². The lowest BCUT2D eigenvalue weighted by Gasteiger charge is -2.28. The second kappa shape index (κ2) is 8.45. The summed E-state index contributed by atoms with van der Waals surface area (Å²) in [4.78, 5) is 30.6. The topological polar surface area (TPSA) is 62.3 Å². The standard InChI is InChI=1S/C22H23N3O2/c1-16(18-8-4-3-5-9-18)25(17(2)26)15-13-21(27)24-20-12-6-10-19-11-7-14-23-22(19)20/h3-12,14,16H,13,15H2,1-2H3,(H,24,27). The molecule has 2 amide bonds. The Morgan fingerprint density at radius 2 is 1.78 bits per heavy atom. The fraction of sp³-hybridized carbons (Fsp3) is 0.227. The van der Waals surface area contributed by atoms with Crippen LogP contribution in [-0.4, -0.2) is 28.2 Å². The number of nitrogens with one attached hydrogen (secondary N) is 1. The molecule has 0 fully saturated rings. The molecule has 0 aliphatic rings. The minimum Gasteiger partial charge on any atom is -0.336 e. The second-order valence-electron chi connectivity index (χ2n) is 6.48. The molecule has 1 aromatic heterocycles. The van der Waals surface area contributed by atoms with Crippen molar-refractivity contribution in [1.82, 2.24) is 9.88 Å². The van der Waals surface area contributed by atoms with Crippen LogP contribution in [0.1, 0.15) is 31.9 Å². The molecule has 1 heterocycles. The molecule has 0 saturated carbocycles. The van der Waals surface area contributed by atoms with Crippen molar-refractivity contribution >= 4 is 28.4 Å². The average molecular weight is 361 g/mol. The molecule has 5 heteroatoms. The van der Waals surface area contributed by atoms with Crippen molar-refractivity contribution < 1.29 is 9.59 Å². The van der Waals surface area contributed by atoms with Crippen LogP contribution in [-0.2, 0) is 9.59 Å². The molecule has 27 heavy (non-hydrogen) atoms. The quantitative estimate of drug-likeness (QED) is 0.717. The van der Waals surface area contributed by atoms with Crippen LogP contribution in [0.3, 0.4) is 0 Å². The molecule has 0 spiro atoms. The van der Waals surface area contributed by atoms with Crippen LogP contribution in [0.4, 0.5) is 5.69 Å². The number of carbonyl (C=O) groups excluding carboxylic acids is 2. The highest BCUT2D eigenvalue weighted by atomic mass is 16.2. The summed E-state index contributed by atoms with van der Waals surface area (Å²) in [6, 6.07) is 19.2. The molecule has 3 aromatic rings. The number of para-hydroxylation sites is 1. The Labute approximate surface area is 159 Å². The molecule has 1 unspecified atom stereocenters. The summed E-state index contributed by atoms with van der Waals surface area (Å²) >= 11 is 0. The highest BCUT2D eigenvalue weighted by Gasteiger charge is 2.19. The SMILES string of the molecule is CC(=O)N(CCC(=O)Nc1cccc2cccnc12)C(C)c1ccccc1. The van der Waals surface area contributed by atoms with Crippen LogP contribution < -0.4 is 5.32 Å². The maximum Gasteiger partial charge on any atom is 0.226 e. The van der Waals surface area contributed by atoms with Crippen molar-refractivity contribution in [1.29, 1.82) is 0 Å². The van der Waals surface area contributed by atoms with Crippen LogP contribution in [0, 0.1) is 0 Å². The second-order valence-corrected chi connectivity index (χ2v) is 6.48. The summed E-state index contributed by atoms with van der Waals surface area (Å²) in [7, 11) is 0. The van der Waals surface area contributed by atoms with Crippen LogP contribution in [0.2, 0.25) is 0 Å². The van der Waals surface area contributed by atoms with E-state index in [1.165, 1.54) is 6.92 Å². The number of benzene rings is 2. The van der Waals surface area contributed by atoms with E-state index in [1.807, 2.05) is 67.6 Å². The van der Waals surface area contributed by atoms with E-state index in [-0.39, 0.29) is 24.3 Å². The van der Waals surface area contributed by atoms with Gasteiger partial charge in [0, 0.05) is 31.5 Å². The fourth-order valence-electron chi connectivity index (χ4n) is 3.18. The minimum absolute atomic E-state index is 0.0500. The average Bonchev–Trinajstić information content (AvgIpc) is 2.68. The number of carbonyl (C=O) groups is 2. The number of aromatic nitrogens is 1. The van der Waals surface area contributed by atoms with Crippen LogP contribution >= 0.6 is 0 Å². The normalized spacial score (nSPS) is 11.8. The molecule has 0 aliphatic heterocycles. The molecule has 5 nitrogen and oxygen atoms in total. The van der Waals surface area contributed by atoms with Gasteiger partial charge >= 0.3 is 0 Å². The predicted molar refractivity (Wildman–Crippen MR) is 107 cm³/mol. The maximum atomic E-state index is 12.5. The molecular formula is C22H23N3O2. The maximum absolute atomic E-state index is 12.5. The molecule has 1 N–H and O–H groups in total. The van der Waals surface area contributed by atoms with Gasteiger partial charge in [-0.2, -0.15) is 0 Å². The Bertz CT molecular complexity index is 935. The van der Waals surface area contributed by atoms with Gasteiger partial charge in [-0.05, 0) is 24.6 Å². The van der Waals surface area contributed by atoms with Gasteiger partial charge in [-0.25, -0.2) is 0 Å². The number of anilines is 1. The van der Waals surface area contributed by atoms with Gasteiger partial charge in [0.05, 0.1) is 17.2 Å². The van der Waals surface area contributed by atoms with E-state index in [0.717, 1.165) is 16.5 Å². The summed E-state index contributed by atoms with van der Waals surface area (Å²) in [6.07, 6.45) is 1.93. The first-order valence-electron chi connectivity index (χ1n) is 9.02. The lowest BCUT2D eigenvalue weighted by Crippen LogP contribution is -2.34. The zero-order valence-corrected chi connectivity index (χ0v) is 15.6. The van der Waals surface area contributed by atoms with Crippen molar-refractivity contribution in [2.45, 2.75) is 26.3 Å². The number of fused-ring (bicyclic) bond motifs is 1. The van der Waals surface area contributed by atoms with Gasteiger partial charge in [0.25, 0.3) is 0 Å². The monoisotopic (exact) mass is 361 g/mol. The van der Waals surface area contributed by atoms with Gasteiger partial charge < -0.3 is 10.2 Å². The third kappa shape index (κ3) is 4.50. The number of amides is 2. The van der Waals surface area contributed by atoms with Crippen molar-refractivity contribution in [3.05, 3.63) is 72.4 Å². The van der Waals surface area contributed by atoms with Crippen LogP contribution in [0.15, 0.2) is 66.9 Å². The summed E-state index contributed by atoms with van der Waals surface area (Å²) in [5.74, 6) is -0.189. The van der Waals surface area contributed by atoms with E-state index >= 15 is 0 Å². The lowest BCUT2D eigenvalue weighted by atomic mass is 10.1. The lowest BCUT2D eigenvalue weighted by molar-refractivity contribution is -0.131. The van der Waals surface area contributed by atoms with Crippen molar-refractivity contribution in [3.63, 3.8) is 0 Å². The summed E-state index contributed by atoms with van der Waals surface area (Å²) in [5, 5.41) is 3.89. The van der Waals surface area contributed by atoms with E-state index in [2.05, 4.69) is 10.3 Å². The Morgan fingerprint density at radius 1 is 1.04 bits per heavy atom. The van der Waals surface area contributed by atoms with Crippen molar-refractivity contribution in [2.75, 3.05) is 11.9 Å². The van der Waals surface area contributed by atoms with Gasteiger partial charge in [-0.3, -0.25) is 14.6 Å². The van der Waals surface area contributed by atoms with Gasteiger partial charge in [-0.1, -0.05) is 48.5 Å². The number of hydrogen-bond donors (Lipinski definition) is 1. The highest BCUT2D eigenvalue weighted by molar-refractivity contribution is 6.00. The van der Waals surface area contributed by atoms with Crippen LogP contribution in [0.5, 0.6) is 0 Å². The van der Waals surface area contributed by atoms with Gasteiger partial charge in [0.2, 0.25) is 11.8 Å². The zero-order chi connectivity index (χ0) is 19.2. The number of rotatable bonds is 6. The third-order valence-electron chi connectivity index (χ3n) is 4.64. The summed E-state index contributed by atoms with van der Waals surface area (Å²) in [5.41, 5.74) is 2.49. The molecule has 0 aliphatic carbocycles. The highest BCUT2D eigenvalue weighted by Crippen LogP contribution is 2.22. The number of nitrogens with zero attached hydrogens (tertiary/aromatic N) is 2. The Balaban J connectivity index is 1.67. The summed E-state index contributed by atoms with van der Waals surface area (Å²) in [6.45, 7) is 3.87. The Morgan fingerprint density at radius 3 is 2.52 bits per heavy atom. The molecule has 0 radical (unpaired) electrons. The van der Waals surface area contributed by atoms with E-state index in [1.54, 1.807) is 11.1 Å². The molecule has 1 atom stereocenters. The summed E-state index contributed by atoms with van der Waals surface area (Å²) < 4.78 is 0. The first kappa shape index (κ1) is 18.6. The van der Waals surface area contributed by atoms with Gasteiger partial charge in [-0.15, -0.1) is 0 Å². The van der Waals surface area contributed by atoms with Gasteiger partial charge in [0.1, 0.15) is 0 Å². The third-order valence-corrected chi connectivity index (χ3v) is 4.64. The number of hydrogen-bond acceptors (Lipinski definition) is 3. The predicted octanol–water partition coefficient (Wildman–Crippen LogP) is 4.17. The Kier molecular flexibility index (Phi) is 5.81. The van der Waals surface area contributed by atoms with E-state index in [9.17, 15) is 9.59 Å². The minimum atomic E-state index is -0.139. The van der Waals surface area contributed by atoms with Crippen molar-refractivity contribution in [3.8, 4) is 0 Å². The van der Waals surface area contributed by atoms with E-state index in [0.29, 0.717) is 12.2 Å². The van der Waals surface area contributed by atoms with E-state index in [4.69, 9.17) is 0 Å². The molecule has 3 rings (SSSR count). The zero-order valence-electron chi connectivity index (χ0n) is 15.6. The molecule has 0 bridgehead atoms. The molecule has 138 valence electrons. The smallest absolute Gasteiger partial charge is 0.226 e. The van der Waals surface area contributed by atoms with Crippen LogP contribution in [0.25, 0.3) is 10.9 Å². The van der Waals surface area contributed by atoms with Crippen molar-refractivity contribution in [2.24, 2.45) is 0 Å². The van der Waals surface area contributed by atoms with E-state index < -0.39 is 0 Å². The largest absolute Gasteiger partial charge is 0.336 e. The Hall–Kier alpha value is -3.21. The number of pyridine rings is 1. The molecule has 2 aromatic carbocycles.